The van der Waals surface area contributed by atoms with Gasteiger partial charge >= 0.3 is 0 Å². The first-order valence-corrected chi connectivity index (χ1v) is 7.08. The fourth-order valence-electron chi connectivity index (χ4n) is 2.67. The smallest absolute Gasteiger partial charge is 0.118 e. The van der Waals surface area contributed by atoms with E-state index in [9.17, 15) is 0 Å². The van der Waals surface area contributed by atoms with Crippen LogP contribution in [0.15, 0.2) is 42.6 Å². The summed E-state index contributed by atoms with van der Waals surface area (Å²) in [4.78, 5) is 4.31. The number of benzene rings is 1. The molecule has 3 rings (SSSR count). The van der Waals surface area contributed by atoms with Crippen LogP contribution in [0, 0.1) is 6.92 Å². The largest absolute Gasteiger partial charge is 0.497 e. The Balaban J connectivity index is 1.54. The molecular formula is C17H20N2O. The number of hydrogen-bond acceptors (Lipinski definition) is 3. The van der Waals surface area contributed by atoms with E-state index in [-0.39, 0.29) is 0 Å². The number of ether oxygens (including phenoxy) is 1. The summed E-state index contributed by atoms with van der Waals surface area (Å²) in [6.07, 6.45) is 4.27. The number of aromatic nitrogens is 1. The van der Waals surface area contributed by atoms with Gasteiger partial charge in [-0.05, 0) is 55.5 Å². The summed E-state index contributed by atoms with van der Waals surface area (Å²) in [6, 6.07) is 13.1. The van der Waals surface area contributed by atoms with Crippen LogP contribution < -0.4 is 10.1 Å². The van der Waals surface area contributed by atoms with Crippen molar-refractivity contribution >= 4 is 5.69 Å². The van der Waals surface area contributed by atoms with E-state index < -0.39 is 0 Å². The molecule has 1 fully saturated rings. The van der Waals surface area contributed by atoms with Gasteiger partial charge in [0, 0.05) is 11.7 Å². The van der Waals surface area contributed by atoms with Crippen LogP contribution in [0.1, 0.15) is 30.0 Å². The summed E-state index contributed by atoms with van der Waals surface area (Å²) < 4.78 is 5.19. The molecule has 0 unspecified atom stereocenters. The maximum Gasteiger partial charge on any atom is 0.118 e. The molecule has 0 aliphatic heterocycles. The van der Waals surface area contributed by atoms with E-state index in [0.717, 1.165) is 17.1 Å². The van der Waals surface area contributed by atoms with Crippen molar-refractivity contribution in [2.45, 2.75) is 31.7 Å². The third-order valence-corrected chi connectivity index (χ3v) is 4.01. The quantitative estimate of drug-likeness (QED) is 0.916. The van der Waals surface area contributed by atoms with Crippen LogP contribution >= 0.6 is 0 Å². The van der Waals surface area contributed by atoms with Gasteiger partial charge in [0.2, 0.25) is 0 Å². The third-order valence-electron chi connectivity index (χ3n) is 4.01. The normalized spacial score (nSPS) is 21.1. The molecule has 1 aromatic carbocycles. The van der Waals surface area contributed by atoms with Gasteiger partial charge in [-0.2, -0.15) is 0 Å². The number of anilines is 1. The topological polar surface area (TPSA) is 34.1 Å². The molecule has 1 heterocycles. The molecule has 1 saturated carbocycles. The van der Waals surface area contributed by atoms with Gasteiger partial charge in [0.15, 0.2) is 0 Å². The summed E-state index contributed by atoms with van der Waals surface area (Å²) >= 11 is 0. The summed E-state index contributed by atoms with van der Waals surface area (Å²) in [5, 5.41) is 3.54. The monoisotopic (exact) mass is 268 g/mol. The molecule has 1 aliphatic carbocycles. The Hall–Kier alpha value is -2.03. The molecule has 0 amide bonds. The number of rotatable bonds is 4. The third kappa shape index (κ3) is 2.77. The molecule has 1 N–H and O–H groups in total. The van der Waals surface area contributed by atoms with Crippen LogP contribution in [0.2, 0.25) is 0 Å². The fourth-order valence-corrected chi connectivity index (χ4v) is 2.67. The minimum atomic E-state index is 0.562. The highest BCUT2D eigenvalue weighted by molar-refractivity contribution is 5.43. The average Bonchev–Trinajstić information content (AvgIpc) is 2.45. The van der Waals surface area contributed by atoms with Crippen molar-refractivity contribution in [1.82, 2.24) is 4.98 Å². The molecule has 0 saturated heterocycles. The second-order valence-electron chi connectivity index (χ2n) is 5.47. The van der Waals surface area contributed by atoms with Gasteiger partial charge in [-0.25, -0.2) is 0 Å². The molecule has 0 spiro atoms. The number of nitrogens with zero attached hydrogens (tertiary/aromatic N) is 1. The molecule has 2 aromatic rings. The Labute approximate surface area is 120 Å². The number of nitrogens with one attached hydrogen (secondary N) is 1. The molecule has 1 aliphatic rings. The van der Waals surface area contributed by atoms with Crippen molar-refractivity contribution in [3.63, 3.8) is 0 Å². The summed E-state index contributed by atoms with van der Waals surface area (Å²) in [5.74, 6) is 1.59. The van der Waals surface area contributed by atoms with E-state index in [1.54, 1.807) is 7.11 Å². The Morgan fingerprint density at radius 1 is 1.10 bits per heavy atom. The van der Waals surface area contributed by atoms with Crippen LogP contribution in [-0.4, -0.2) is 18.1 Å². The van der Waals surface area contributed by atoms with Gasteiger partial charge in [-0.3, -0.25) is 4.98 Å². The van der Waals surface area contributed by atoms with Crippen LogP contribution in [0.4, 0.5) is 5.69 Å². The Morgan fingerprint density at radius 2 is 1.85 bits per heavy atom. The minimum Gasteiger partial charge on any atom is -0.497 e. The van der Waals surface area contributed by atoms with Crippen LogP contribution in [-0.2, 0) is 0 Å². The summed E-state index contributed by atoms with van der Waals surface area (Å²) in [7, 11) is 1.70. The second-order valence-corrected chi connectivity index (χ2v) is 5.47. The van der Waals surface area contributed by atoms with Gasteiger partial charge in [0.25, 0.3) is 0 Å². The van der Waals surface area contributed by atoms with Crippen LogP contribution in [0.3, 0.4) is 0 Å². The van der Waals surface area contributed by atoms with E-state index in [4.69, 9.17) is 4.74 Å². The second kappa shape index (κ2) is 5.53. The molecular weight excluding hydrogens is 248 g/mol. The van der Waals surface area contributed by atoms with Crippen molar-refractivity contribution in [3.05, 3.63) is 53.9 Å². The lowest BCUT2D eigenvalue weighted by Gasteiger charge is -2.36. The maximum absolute atomic E-state index is 5.19. The first kappa shape index (κ1) is 13.0. The Bertz CT molecular complexity index is 557. The molecule has 0 atom stereocenters. The zero-order chi connectivity index (χ0) is 13.9. The standard InChI is InChI=1S/C17H20N2O/c1-12-3-6-15(11-18-12)19-16-9-14(10-16)13-4-7-17(20-2)8-5-13/h3-8,11,14,16,19H,9-10H2,1-2H3. The average molecular weight is 268 g/mol. The lowest BCUT2D eigenvalue weighted by molar-refractivity contribution is 0.373. The van der Waals surface area contributed by atoms with Gasteiger partial charge < -0.3 is 10.1 Å². The van der Waals surface area contributed by atoms with Crippen LogP contribution in [0.5, 0.6) is 5.75 Å². The molecule has 3 nitrogen and oxygen atoms in total. The fraction of sp³-hybridized carbons (Fsp3) is 0.353. The molecule has 20 heavy (non-hydrogen) atoms. The number of pyridine rings is 1. The van der Waals surface area contributed by atoms with Gasteiger partial charge in [-0.15, -0.1) is 0 Å². The van der Waals surface area contributed by atoms with Gasteiger partial charge in [0.05, 0.1) is 19.0 Å². The van der Waals surface area contributed by atoms with Crippen molar-refractivity contribution < 1.29 is 4.74 Å². The molecule has 0 radical (unpaired) electrons. The molecule has 1 aromatic heterocycles. The highest BCUT2D eigenvalue weighted by atomic mass is 16.5. The van der Waals surface area contributed by atoms with E-state index in [2.05, 4.69) is 28.5 Å². The van der Waals surface area contributed by atoms with Crippen molar-refractivity contribution in [2.24, 2.45) is 0 Å². The SMILES string of the molecule is COc1ccc(C2CC(Nc3ccc(C)nc3)C2)cc1. The number of methoxy groups -OCH3 is 1. The molecule has 3 heteroatoms. The Morgan fingerprint density at radius 3 is 2.45 bits per heavy atom. The lowest BCUT2D eigenvalue weighted by atomic mass is 9.76. The maximum atomic E-state index is 5.19. The van der Waals surface area contributed by atoms with Crippen molar-refractivity contribution in [2.75, 3.05) is 12.4 Å². The zero-order valence-electron chi connectivity index (χ0n) is 12.0. The first-order chi connectivity index (χ1) is 9.74. The van der Waals surface area contributed by atoms with Crippen LogP contribution in [0.25, 0.3) is 0 Å². The van der Waals surface area contributed by atoms with E-state index >= 15 is 0 Å². The Kier molecular flexibility index (Phi) is 3.59. The molecule has 0 bridgehead atoms. The number of aryl methyl sites for hydroxylation is 1. The number of hydrogen-bond donors (Lipinski definition) is 1. The zero-order valence-corrected chi connectivity index (χ0v) is 12.0. The van der Waals surface area contributed by atoms with E-state index in [0.29, 0.717) is 12.0 Å². The minimum absolute atomic E-state index is 0.562. The highest BCUT2D eigenvalue weighted by Gasteiger charge is 2.30. The van der Waals surface area contributed by atoms with E-state index in [1.165, 1.54) is 18.4 Å². The lowest BCUT2D eigenvalue weighted by Crippen LogP contribution is -2.34. The summed E-state index contributed by atoms with van der Waals surface area (Å²) in [6.45, 7) is 2.01. The van der Waals surface area contributed by atoms with Gasteiger partial charge in [0.1, 0.15) is 5.75 Å². The van der Waals surface area contributed by atoms with Crippen molar-refractivity contribution in [3.8, 4) is 5.75 Å². The predicted molar refractivity (Wildman–Crippen MR) is 81.4 cm³/mol. The summed E-state index contributed by atoms with van der Waals surface area (Å²) in [5.41, 5.74) is 3.58. The molecule has 104 valence electrons. The predicted octanol–water partition coefficient (Wildman–Crippen LogP) is 3.76. The van der Waals surface area contributed by atoms with Gasteiger partial charge in [-0.1, -0.05) is 12.1 Å². The first-order valence-electron chi connectivity index (χ1n) is 7.08. The highest BCUT2D eigenvalue weighted by Crippen LogP contribution is 2.38. The van der Waals surface area contributed by atoms with Crippen molar-refractivity contribution in [1.29, 1.82) is 0 Å². The van der Waals surface area contributed by atoms with E-state index in [1.807, 2.05) is 31.3 Å².